The molecule has 0 aromatic heterocycles. The minimum atomic E-state index is -1.13. The van der Waals surface area contributed by atoms with Crippen molar-refractivity contribution >= 4 is 11.9 Å². The van der Waals surface area contributed by atoms with Gasteiger partial charge in [-0.25, -0.2) is 4.79 Å². The maximum atomic E-state index is 11.6. The maximum Gasteiger partial charge on any atom is 0.343 e. The fourth-order valence-electron chi connectivity index (χ4n) is 1.11. The zero-order valence-electron chi connectivity index (χ0n) is 8.97. The number of carbonyl (C=O) groups excluding carboxylic acids is 2. The van der Waals surface area contributed by atoms with E-state index in [4.69, 9.17) is 5.73 Å². The Kier molecular flexibility index (Phi) is 4.47. The molecule has 0 saturated heterocycles. The standard InChI is InChI=1S/C11H14N2O3/c1-2-16-11(15)9(12)13-10(14)8-6-4-3-5-7-8/h3-7,9H,2,12H2,1H3,(H,13,14). The van der Waals surface area contributed by atoms with Gasteiger partial charge in [-0.15, -0.1) is 0 Å². The third kappa shape index (κ3) is 3.36. The summed E-state index contributed by atoms with van der Waals surface area (Å²) < 4.78 is 4.66. The summed E-state index contributed by atoms with van der Waals surface area (Å²) in [5, 5.41) is 2.35. The number of amides is 1. The molecule has 1 rings (SSSR count). The lowest BCUT2D eigenvalue weighted by atomic mass is 10.2. The number of benzene rings is 1. The molecule has 0 aliphatic rings. The summed E-state index contributed by atoms with van der Waals surface area (Å²) in [4.78, 5) is 22.7. The SMILES string of the molecule is CCOC(=O)C(N)NC(=O)c1ccccc1. The molecule has 1 unspecified atom stereocenters. The molecule has 0 bridgehead atoms. The molecular weight excluding hydrogens is 208 g/mol. The molecule has 0 aliphatic carbocycles. The topological polar surface area (TPSA) is 81.4 Å². The van der Waals surface area contributed by atoms with Gasteiger partial charge in [0.1, 0.15) is 0 Å². The van der Waals surface area contributed by atoms with Crippen LogP contribution in [-0.4, -0.2) is 24.6 Å². The van der Waals surface area contributed by atoms with Crippen molar-refractivity contribution in [2.24, 2.45) is 5.73 Å². The van der Waals surface area contributed by atoms with Crippen LogP contribution in [-0.2, 0) is 9.53 Å². The Labute approximate surface area is 93.6 Å². The van der Waals surface area contributed by atoms with Gasteiger partial charge in [0, 0.05) is 5.56 Å². The molecule has 16 heavy (non-hydrogen) atoms. The lowest BCUT2D eigenvalue weighted by molar-refractivity contribution is -0.145. The fourth-order valence-corrected chi connectivity index (χ4v) is 1.11. The average molecular weight is 222 g/mol. The second-order valence-electron chi connectivity index (χ2n) is 3.07. The maximum absolute atomic E-state index is 11.6. The Bertz CT molecular complexity index is 365. The number of hydrogen-bond donors (Lipinski definition) is 2. The molecule has 3 N–H and O–H groups in total. The number of carbonyl (C=O) groups is 2. The van der Waals surface area contributed by atoms with Crippen LogP contribution >= 0.6 is 0 Å². The molecule has 0 fully saturated rings. The van der Waals surface area contributed by atoms with E-state index in [1.807, 2.05) is 0 Å². The van der Waals surface area contributed by atoms with Gasteiger partial charge in [0.05, 0.1) is 6.61 Å². The van der Waals surface area contributed by atoms with Crippen molar-refractivity contribution < 1.29 is 14.3 Å². The van der Waals surface area contributed by atoms with Crippen LogP contribution in [0.25, 0.3) is 0 Å². The van der Waals surface area contributed by atoms with Crippen molar-refractivity contribution in [3.63, 3.8) is 0 Å². The Morgan fingerprint density at radius 3 is 2.56 bits per heavy atom. The normalized spacial score (nSPS) is 11.6. The fraction of sp³-hybridized carbons (Fsp3) is 0.273. The zero-order chi connectivity index (χ0) is 12.0. The van der Waals surface area contributed by atoms with E-state index in [0.717, 1.165) is 0 Å². The Hall–Kier alpha value is -1.88. The highest BCUT2D eigenvalue weighted by molar-refractivity contribution is 5.96. The van der Waals surface area contributed by atoms with Gasteiger partial charge in [0.25, 0.3) is 5.91 Å². The number of hydrogen-bond acceptors (Lipinski definition) is 4. The molecule has 0 radical (unpaired) electrons. The molecule has 1 atom stereocenters. The smallest absolute Gasteiger partial charge is 0.343 e. The number of ether oxygens (including phenoxy) is 1. The first-order valence-electron chi connectivity index (χ1n) is 4.93. The first kappa shape index (κ1) is 12.2. The van der Waals surface area contributed by atoms with Gasteiger partial charge in [-0.3, -0.25) is 4.79 Å². The van der Waals surface area contributed by atoms with Crippen molar-refractivity contribution in [1.29, 1.82) is 0 Å². The average Bonchev–Trinajstić information content (AvgIpc) is 2.30. The summed E-state index contributed by atoms with van der Waals surface area (Å²) in [5.74, 6) is -1.05. The van der Waals surface area contributed by atoms with Crippen molar-refractivity contribution in [1.82, 2.24) is 5.32 Å². The third-order valence-electron chi connectivity index (χ3n) is 1.86. The predicted octanol–water partition coefficient (Wildman–Crippen LogP) is 0.264. The van der Waals surface area contributed by atoms with Crippen molar-refractivity contribution in [2.45, 2.75) is 13.1 Å². The van der Waals surface area contributed by atoms with E-state index in [-0.39, 0.29) is 6.61 Å². The monoisotopic (exact) mass is 222 g/mol. The predicted molar refractivity (Wildman–Crippen MR) is 58.5 cm³/mol. The van der Waals surface area contributed by atoms with Crippen LogP contribution in [0.1, 0.15) is 17.3 Å². The zero-order valence-corrected chi connectivity index (χ0v) is 8.97. The van der Waals surface area contributed by atoms with Gasteiger partial charge in [-0.1, -0.05) is 18.2 Å². The van der Waals surface area contributed by atoms with Crippen LogP contribution in [0, 0.1) is 0 Å². The lowest BCUT2D eigenvalue weighted by Crippen LogP contribution is -2.48. The van der Waals surface area contributed by atoms with Crippen LogP contribution in [0.3, 0.4) is 0 Å². The quantitative estimate of drug-likeness (QED) is 0.565. The van der Waals surface area contributed by atoms with E-state index >= 15 is 0 Å². The van der Waals surface area contributed by atoms with E-state index in [2.05, 4.69) is 10.1 Å². The first-order valence-corrected chi connectivity index (χ1v) is 4.93. The molecule has 5 nitrogen and oxygen atoms in total. The van der Waals surface area contributed by atoms with E-state index in [9.17, 15) is 9.59 Å². The van der Waals surface area contributed by atoms with Crippen molar-refractivity contribution in [3.05, 3.63) is 35.9 Å². The first-order chi connectivity index (χ1) is 7.65. The molecule has 86 valence electrons. The molecule has 0 spiro atoms. The second kappa shape index (κ2) is 5.87. The highest BCUT2D eigenvalue weighted by atomic mass is 16.5. The van der Waals surface area contributed by atoms with E-state index in [1.165, 1.54) is 0 Å². The van der Waals surface area contributed by atoms with Gasteiger partial charge in [0.15, 0.2) is 6.17 Å². The van der Waals surface area contributed by atoms with Crippen LogP contribution in [0.2, 0.25) is 0 Å². The largest absolute Gasteiger partial charge is 0.463 e. The minimum Gasteiger partial charge on any atom is -0.463 e. The van der Waals surface area contributed by atoms with Gasteiger partial charge >= 0.3 is 5.97 Å². The van der Waals surface area contributed by atoms with Crippen molar-refractivity contribution in [2.75, 3.05) is 6.61 Å². The third-order valence-corrected chi connectivity index (χ3v) is 1.86. The molecular formula is C11H14N2O3. The van der Waals surface area contributed by atoms with E-state index in [1.54, 1.807) is 37.3 Å². The highest BCUT2D eigenvalue weighted by Gasteiger charge is 2.17. The summed E-state index contributed by atoms with van der Waals surface area (Å²) >= 11 is 0. The van der Waals surface area contributed by atoms with Crippen LogP contribution in [0.5, 0.6) is 0 Å². The summed E-state index contributed by atoms with van der Waals surface area (Å²) in [6.07, 6.45) is -1.13. The number of esters is 1. The summed E-state index contributed by atoms with van der Waals surface area (Å²) in [6.45, 7) is 1.90. The summed E-state index contributed by atoms with van der Waals surface area (Å²) in [7, 11) is 0. The van der Waals surface area contributed by atoms with Gasteiger partial charge in [-0.2, -0.15) is 0 Å². The van der Waals surface area contributed by atoms with Gasteiger partial charge in [-0.05, 0) is 19.1 Å². The molecule has 0 heterocycles. The number of nitrogens with one attached hydrogen (secondary N) is 1. The molecule has 1 amide bonds. The minimum absolute atomic E-state index is 0.230. The Morgan fingerprint density at radius 1 is 1.38 bits per heavy atom. The lowest BCUT2D eigenvalue weighted by Gasteiger charge is -2.12. The Balaban J connectivity index is 2.55. The Morgan fingerprint density at radius 2 is 2.00 bits per heavy atom. The summed E-state index contributed by atoms with van der Waals surface area (Å²) in [6, 6.07) is 8.51. The van der Waals surface area contributed by atoms with E-state index < -0.39 is 18.0 Å². The molecule has 0 saturated carbocycles. The van der Waals surface area contributed by atoms with Crippen LogP contribution < -0.4 is 11.1 Å². The number of rotatable bonds is 4. The molecule has 0 aliphatic heterocycles. The number of nitrogens with two attached hydrogens (primary N) is 1. The van der Waals surface area contributed by atoms with Crippen LogP contribution in [0.4, 0.5) is 0 Å². The molecule has 5 heteroatoms. The highest BCUT2D eigenvalue weighted by Crippen LogP contribution is 1.98. The van der Waals surface area contributed by atoms with Crippen LogP contribution in [0.15, 0.2) is 30.3 Å². The molecule has 1 aromatic carbocycles. The summed E-state index contributed by atoms with van der Waals surface area (Å²) in [5.41, 5.74) is 5.88. The van der Waals surface area contributed by atoms with E-state index in [0.29, 0.717) is 5.56 Å². The van der Waals surface area contributed by atoms with Gasteiger partial charge < -0.3 is 15.8 Å². The van der Waals surface area contributed by atoms with Crippen molar-refractivity contribution in [3.8, 4) is 0 Å². The molecule has 1 aromatic rings. The van der Waals surface area contributed by atoms with Gasteiger partial charge in [0.2, 0.25) is 0 Å². The second-order valence-corrected chi connectivity index (χ2v) is 3.07.